The number of hydrogen-bond acceptors (Lipinski definition) is 3. The molecule has 4 nitrogen and oxygen atoms in total. The van der Waals surface area contributed by atoms with Crippen LogP contribution in [0.1, 0.15) is 33.1 Å². The Kier molecular flexibility index (Phi) is 7.42. The summed E-state index contributed by atoms with van der Waals surface area (Å²) in [6.07, 6.45) is 2.27. The lowest BCUT2D eigenvalue weighted by Crippen LogP contribution is -2.37. The molecule has 0 aliphatic heterocycles. The molecule has 0 rings (SSSR count). The lowest BCUT2D eigenvalue weighted by Gasteiger charge is -2.21. The maximum absolute atomic E-state index is 11.6. The minimum Gasteiger partial charge on any atom is -0.395 e. The number of nitrogens with two attached hydrogens (primary N) is 1. The first-order valence-corrected chi connectivity index (χ1v) is 5.29. The minimum atomic E-state index is -0.0414. The number of carbonyl (C=O) groups excluding carboxylic acids is 1. The minimum absolute atomic E-state index is 0.0165. The van der Waals surface area contributed by atoms with Gasteiger partial charge in [0.15, 0.2) is 0 Å². The van der Waals surface area contributed by atoms with E-state index in [4.69, 9.17) is 10.8 Å². The number of aliphatic hydroxyl groups excluding tert-OH is 1. The molecule has 1 unspecified atom stereocenters. The van der Waals surface area contributed by atoms with Crippen molar-refractivity contribution < 1.29 is 9.90 Å². The van der Waals surface area contributed by atoms with E-state index in [9.17, 15) is 4.79 Å². The quantitative estimate of drug-likeness (QED) is 0.626. The molecular formula is C10H22N2O2. The van der Waals surface area contributed by atoms with E-state index in [-0.39, 0.29) is 18.6 Å². The number of amides is 1. The van der Waals surface area contributed by atoms with Gasteiger partial charge in [0.1, 0.15) is 0 Å². The van der Waals surface area contributed by atoms with E-state index in [1.54, 1.807) is 4.90 Å². The Balaban J connectivity index is 3.90. The highest BCUT2D eigenvalue weighted by molar-refractivity contribution is 5.76. The summed E-state index contributed by atoms with van der Waals surface area (Å²) in [7, 11) is 0. The summed E-state index contributed by atoms with van der Waals surface area (Å²) < 4.78 is 0. The molecule has 0 bridgehead atoms. The molecule has 0 aliphatic carbocycles. The average Bonchev–Trinajstić information content (AvgIpc) is 2.14. The zero-order chi connectivity index (χ0) is 11.0. The number of nitrogens with zero attached hydrogens (tertiary/aromatic N) is 1. The van der Waals surface area contributed by atoms with Crippen LogP contribution in [0.25, 0.3) is 0 Å². The first-order valence-electron chi connectivity index (χ1n) is 5.29. The Bertz CT molecular complexity index is 162. The number of hydrogen-bond donors (Lipinski definition) is 2. The maximum Gasteiger partial charge on any atom is 0.224 e. The molecule has 14 heavy (non-hydrogen) atoms. The molecule has 0 radical (unpaired) electrons. The van der Waals surface area contributed by atoms with Crippen LogP contribution in [0.5, 0.6) is 0 Å². The zero-order valence-corrected chi connectivity index (χ0v) is 9.20. The Hall–Kier alpha value is -0.610. The molecule has 0 fully saturated rings. The van der Waals surface area contributed by atoms with Crippen LogP contribution in [0.3, 0.4) is 0 Å². The van der Waals surface area contributed by atoms with Gasteiger partial charge in [-0.3, -0.25) is 4.79 Å². The van der Waals surface area contributed by atoms with Crippen LogP contribution in [-0.4, -0.2) is 41.7 Å². The van der Waals surface area contributed by atoms with E-state index in [2.05, 4.69) is 6.92 Å². The third-order valence-electron chi connectivity index (χ3n) is 2.20. The highest BCUT2D eigenvalue weighted by Crippen LogP contribution is 2.02. The fourth-order valence-corrected chi connectivity index (χ4v) is 1.41. The van der Waals surface area contributed by atoms with Crippen molar-refractivity contribution in [2.75, 3.05) is 19.7 Å². The van der Waals surface area contributed by atoms with Crippen molar-refractivity contribution >= 4 is 5.91 Å². The Morgan fingerprint density at radius 1 is 1.50 bits per heavy atom. The molecule has 0 aliphatic rings. The summed E-state index contributed by atoms with van der Waals surface area (Å²) in [5.41, 5.74) is 5.76. The van der Waals surface area contributed by atoms with E-state index in [1.807, 2.05) is 6.92 Å². The van der Waals surface area contributed by atoms with Gasteiger partial charge in [0, 0.05) is 25.6 Å². The summed E-state index contributed by atoms with van der Waals surface area (Å²) in [5, 5.41) is 8.73. The molecule has 0 heterocycles. The largest absolute Gasteiger partial charge is 0.395 e. The highest BCUT2D eigenvalue weighted by Gasteiger charge is 2.14. The molecule has 1 atom stereocenters. The van der Waals surface area contributed by atoms with Crippen LogP contribution in [0.4, 0.5) is 0 Å². The number of carbonyl (C=O) groups is 1. The summed E-state index contributed by atoms with van der Waals surface area (Å²) in [6.45, 7) is 5.02. The molecule has 0 aromatic heterocycles. The van der Waals surface area contributed by atoms with Gasteiger partial charge in [0.25, 0.3) is 0 Å². The molecule has 0 saturated heterocycles. The molecule has 0 spiro atoms. The normalized spacial score (nSPS) is 12.6. The van der Waals surface area contributed by atoms with Crippen LogP contribution in [-0.2, 0) is 4.79 Å². The number of aliphatic hydroxyl groups is 1. The van der Waals surface area contributed by atoms with Gasteiger partial charge in [-0.05, 0) is 13.3 Å². The van der Waals surface area contributed by atoms with Gasteiger partial charge in [-0.15, -0.1) is 0 Å². The second-order valence-corrected chi connectivity index (χ2v) is 3.45. The second kappa shape index (κ2) is 7.76. The monoisotopic (exact) mass is 202 g/mol. The SMILES string of the molecule is CCCC(N)CC(=O)N(CC)CCO. The lowest BCUT2D eigenvalue weighted by atomic mass is 10.1. The van der Waals surface area contributed by atoms with Crippen molar-refractivity contribution in [3.05, 3.63) is 0 Å². The first kappa shape index (κ1) is 13.4. The lowest BCUT2D eigenvalue weighted by molar-refractivity contribution is -0.131. The summed E-state index contributed by atoms with van der Waals surface area (Å²) in [4.78, 5) is 13.2. The Morgan fingerprint density at radius 2 is 2.14 bits per heavy atom. The Morgan fingerprint density at radius 3 is 2.57 bits per heavy atom. The predicted molar refractivity (Wildman–Crippen MR) is 56.8 cm³/mol. The van der Waals surface area contributed by atoms with Crippen molar-refractivity contribution in [1.82, 2.24) is 4.90 Å². The van der Waals surface area contributed by atoms with Gasteiger partial charge < -0.3 is 15.7 Å². The van der Waals surface area contributed by atoms with Crippen LogP contribution in [0, 0.1) is 0 Å². The maximum atomic E-state index is 11.6. The smallest absolute Gasteiger partial charge is 0.224 e. The second-order valence-electron chi connectivity index (χ2n) is 3.45. The molecular weight excluding hydrogens is 180 g/mol. The summed E-state index contributed by atoms with van der Waals surface area (Å²) in [5.74, 6) is 0.0440. The van der Waals surface area contributed by atoms with Crippen molar-refractivity contribution in [2.45, 2.75) is 39.2 Å². The van der Waals surface area contributed by atoms with E-state index in [1.165, 1.54) is 0 Å². The third-order valence-corrected chi connectivity index (χ3v) is 2.20. The van der Waals surface area contributed by atoms with Gasteiger partial charge >= 0.3 is 0 Å². The standard InChI is InChI=1S/C10H22N2O2/c1-3-5-9(11)8-10(14)12(4-2)6-7-13/h9,13H,3-8,11H2,1-2H3. The van der Waals surface area contributed by atoms with Gasteiger partial charge in [-0.1, -0.05) is 13.3 Å². The number of likely N-dealkylation sites (N-methyl/N-ethyl adjacent to an activating group) is 1. The van der Waals surface area contributed by atoms with Crippen LogP contribution < -0.4 is 5.73 Å². The van der Waals surface area contributed by atoms with E-state index in [0.29, 0.717) is 19.5 Å². The van der Waals surface area contributed by atoms with Crippen LogP contribution in [0.15, 0.2) is 0 Å². The van der Waals surface area contributed by atoms with E-state index in [0.717, 1.165) is 12.8 Å². The molecule has 0 aromatic rings. The molecule has 1 amide bonds. The van der Waals surface area contributed by atoms with Gasteiger partial charge in [0.05, 0.1) is 6.61 Å². The van der Waals surface area contributed by atoms with Crippen LogP contribution >= 0.6 is 0 Å². The van der Waals surface area contributed by atoms with Crippen molar-refractivity contribution in [1.29, 1.82) is 0 Å². The summed E-state index contributed by atoms with van der Waals surface area (Å²) in [6, 6.07) is -0.0414. The molecule has 3 N–H and O–H groups in total. The highest BCUT2D eigenvalue weighted by atomic mass is 16.3. The zero-order valence-electron chi connectivity index (χ0n) is 9.20. The van der Waals surface area contributed by atoms with Crippen molar-refractivity contribution in [3.8, 4) is 0 Å². The van der Waals surface area contributed by atoms with Gasteiger partial charge in [-0.2, -0.15) is 0 Å². The summed E-state index contributed by atoms with van der Waals surface area (Å²) >= 11 is 0. The number of rotatable bonds is 7. The average molecular weight is 202 g/mol. The molecule has 84 valence electrons. The third kappa shape index (κ3) is 5.19. The molecule has 0 saturated carbocycles. The topological polar surface area (TPSA) is 66.6 Å². The predicted octanol–water partition coefficient (Wildman–Crippen LogP) is 0.345. The van der Waals surface area contributed by atoms with E-state index >= 15 is 0 Å². The fraction of sp³-hybridized carbons (Fsp3) is 0.900. The first-order chi connectivity index (χ1) is 6.65. The Labute approximate surface area is 86.1 Å². The van der Waals surface area contributed by atoms with Crippen molar-refractivity contribution in [2.24, 2.45) is 5.73 Å². The van der Waals surface area contributed by atoms with Crippen molar-refractivity contribution in [3.63, 3.8) is 0 Å². The fourth-order valence-electron chi connectivity index (χ4n) is 1.41. The molecule has 0 aromatic carbocycles. The van der Waals surface area contributed by atoms with Crippen LogP contribution in [0.2, 0.25) is 0 Å². The van der Waals surface area contributed by atoms with E-state index < -0.39 is 0 Å². The van der Waals surface area contributed by atoms with Gasteiger partial charge in [-0.25, -0.2) is 0 Å². The van der Waals surface area contributed by atoms with Gasteiger partial charge in [0.2, 0.25) is 5.91 Å². The molecule has 4 heteroatoms.